The number of hydrogen-bond acceptors (Lipinski definition) is 4. The molecule has 0 saturated heterocycles. The van der Waals surface area contributed by atoms with Gasteiger partial charge in [-0.3, -0.25) is 9.78 Å². The molecule has 138 valence electrons. The van der Waals surface area contributed by atoms with Crippen LogP contribution in [0, 0.1) is 5.92 Å². The summed E-state index contributed by atoms with van der Waals surface area (Å²) in [6.45, 7) is 3.07. The lowest BCUT2D eigenvalue weighted by Crippen LogP contribution is -2.34. The van der Waals surface area contributed by atoms with Gasteiger partial charge in [-0.15, -0.1) is 0 Å². The van der Waals surface area contributed by atoms with Crippen molar-refractivity contribution in [3.8, 4) is 0 Å². The minimum absolute atomic E-state index is 0.0319. The Labute approximate surface area is 157 Å². The molecule has 0 saturated carbocycles. The van der Waals surface area contributed by atoms with Crippen molar-refractivity contribution in [2.75, 3.05) is 12.4 Å². The van der Waals surface area contributed by atoms with E-state index in [0.717, 1.165) is 28.1 Å². The van der Waals surface area contributed by atoms with E-state index in [1.807, 2.05) is 43.5 Å². The molecule has 1 unspecified atom stereocenters. The molecule has 1 atom stereocenters. The summed E-state index contributed by atoms with van der Waals surface area (Å²) in [5.74, 6) is -0.0439. The van der Waals surface area contributed by atoms with Gasteiger partial charge in [0.15, 0.2) is 0 Å². The number of fused-ring (bicyclic) bond motifs is 1. The third-order valence-corrected chi connectivity index (χ3v) is 4.99. The van der Waals surface area contributed by atoms with E-state index >= 15 is 0 Å². The van der Waals surface area contributed by atoms with Crippen molar-refractivity contribution in [3.05, 3.63) is 59.4 Å². The zero-order valence-electron chi connectivity index (χ0n) is 15.3. The fraction of sp³-hybridized carbons (Fsp3) is 0.300. The summed E-state index contributed by atoms with van der Waals surface area (Å²) in [7, 11) is 1.68. The molecule has 0 spiro atoms. The number of carbonyl (C=O) groups excluding carboxylic acids is 2. The highest BCUT2D eigenvalue weighted by Gasteiger charge is 2.26. The quantitative estimate of drug-likeness (QED) is 0.891. The van der Waals surface area contributed by atoms with Crippen molar-refractivity contribution >= 4 is 23.3 Å². The molecular weight excluding hydrogens is 342 g/mol. The van der Waals surface area contributed by atoms with Crippen LogP contribution in [0.2, 0.25) is 0 Å². The summed E-state index contributed by atoms with van der Waals surface area (Å²) in [5, 5.41) is 8.70. The van der Waals surface area contributed by atoms with E-state index in [-0.39, 0.29) is 17.9 Å². The molecule has 1 N–H and O–H groups in total. The standard InChI is InChI=1S/C20H21N5O2/c1-13-9-18(23-24(2)19(13)26)14-3-5-17(6-4-14)22-20(27)25-11-15-7-8-21-10-16(15)12-25/h3-8,10,13H,9,11-12H2,1-2H3,(H,22,27). The number of amides is 3. The van der Waals surface area contributed by atoms with Crippen LogP contribution < -0.4 is 5.32 Å². The molecule has 0 bridgehead atoms. The Hall–Kier alpha value is -3.22. The fourth-order valence-electron chi connectivity index (χ4n) is 3.45. The maximum atomic E-state index is 12.5. The van der Waals surface area contributed by atoms with Crippen molar-refractivity contribution < 1.29 is 9.59 Å². The van der Waals surface area contributed by atoms with Gasteiger partial charge in [-0.25, -0.2) is 9.80 Å². The largest absolute Gasteiger partial charge is 0.322 e. The molecule has 3 heterocycles. The van der Waals surface area contributed by atoms with E-state index in [9.17, 15) is 9.59 Å². The minimum Gasteiger partial charge on any atom is -0.316 e. The number of rotatable bonds is 2. The molecule has 2 aliphatic heterocycles. The van der Waals surface area contributed by atoms with Gasteiger partial charge in [-0.2, -0.15) is 5.10 Å². The van der Waals surface area contributed by atoms with Crippen molar-refractivity contribution in [2.45, 2.75) is 26.4 Å². The van der Waals surface area contributed by atoms with Crippen LogP contribution in [0.5, 0.6) is 0 Å². The fourth-order valence-corrected chi connectivity index (χ4v) is 3.45. The number of carbonyl (C=O) groups is 2. The van der Waals surface area contributed by atoms with Gasteiger partial charge in [0.1, 0.15) is 0 Å². The summed E-state index contributed by atoms with van der Waals surface area (Å²) in [4.78, 5) is 30.2. The third-order valence-electron chi connectivity index (χ3n) is 4.99. The predicted octanol–water partition coefficient (Wildman–Crippen LogP) is 2.83. The number of nitrogens with one attached hydrogen (secondary N) is 1. The smallest absolute Gasteiger partial charge is 0.316 e. The van der Waals surface area contributed by atoms with Gasteiger partial charge in [0.2, 0.25) is 5.91 Å². The lowest BCUT2D eigenvalue weighted by Gasteiger charge is -2.24. The molecule has 0 fully saturated rings. The van der Waals surface area contributed by atoms with Gasteiger partial charge < -0.3 is 10.2 Å². The molecule has 2 aromatic rings. The third kappa shape index (κ3) is 3.40. The Morgan fingerprint density at radius 2 is 1.89 bits per heavy atom. The van der Waals surface area contributed by atoms with E-state index in [2.05, 4.69) is 15.4 Å². The Bertz CT molecular complexity index is 897. The van der Waals surface area contributed by atoms with E-state index in [4.69, 9.17) is 0 Å². The van der Waals surface area contributed by atoms with Crippen LogP contribution in [-0.2, 0) is 17.9 Å². The van der Waals surface area contributed by atoms with Crippen molar-refractivity contribution in [1.82, 2.24) is 14.9 Å². The molecule has 7 nitrogen and oxygen atoms in total. The number of pyridine rings is 1. The molecule has 0 radical (unpaired) electrons. The monoisotopic (exact) mass is 363 g/mol. The number of benzene rings is 1. The van der Waals surface area contributed by atoms with E-state index < -0.39 is 0 Å². The Balaban J connectivity index is 1.42. The summed E-state index contributed by atoms with van der Waals surface area (Å²) >= 11 is 0. The van der Waals surface area contributed by atoms with Crippen LogP contribution in [-0.4, -0.2) is 39.6 Å². The first kappa shape index (κ1) is 17.2. The highest BCUT2D eigenvalue weighted by molar-refractivity contribution is 6.05. The predicted molar refractivity (Wildman–Crippen MR) is 102 cm³/mol. The second-order valence-corrected chi connectivity index (χ2v) is 7.02. The number of aromatic nitrogens is 1. The second kappa shape index (κ2) is 6.83. The zero-order chi connectivity index (χ0) is 19.0. The molecule has 1 aromatic heterocycles. The van der Waals surface area contributed by atoms with Crippen LogP contribution in [0.15, 0.2) is 47.8 Å². The topological polar surface area (TPSA) is 77.9 Å². The lowest BCUT2D eigenvalue weighted by atomic mass is 9.96. The van der Waals surface area contributed by atoms with Gasteiger partial charge >= 0.3 is 6.03 Å². The average Bonchev–Trinajstić information content (AvgIpc) is 3.11. The number of anilines is 1. The first-order chi connectivity index (χ1) is 13.0. The average molecular weight is 363 g/mol. The van der Waals surface area contributed by atoms with Gasteiger partial charge in [-0.1, -0.05) is 19.1 Å². The SMILES string of the molecule is CC1CC(c2ccc(NC(=O)N3Cc4ccncc4C3)cc2)=NN(C)C1=O. The summed E-state index contributed by atoms with van der Waals surface area (Å²) in [6, 6.07) is 9.39. The minimum atomic E-state index is -0.132. The van der Waals surface area contributed by atoms with Crippen LogP contribution in [0.1, 0.15) is 30.0 Å². The van der Waals surface area contributed by atoms with Gasteiger partial charge in [0.25, 0.3) is 0 Å². The first-order valence-corrected chi connectivity index (χ1v) is 8.94. The zero-order valence-corrected chi connectivity index (χ0v) is 15.3. The molecule has 1 aromatic carbocycles. The Morgan fingerprint density at radius 3 is 2.59 bits per heavy atom. The number of urea groups is 1. The summed E-state index contributed by atoms with van der Waals surface area (Å²) in [6.07, 6.45) is 4.18. The molecule has 2 aliphatic rings. The molecule has 27 heavy (non-hydrogen) atoms. The summed E-state index contributed by atoms with van der Waals surface area (Å²) in [5.41, 5.74) is 4.79. The summed E-state index contributed by atoms with van der Waals surface area (Å²) < 4.78 is 0. The highest BCUT2D eigenvalue weighted by atomic mass is 16.2. The first-order valence-electron chi connectivity index (χ1n) is 8.94. The van der Waals surface area contributed by atoms with E-state index in [0.29, 0.717) is 19.5 Å². The molecule has 0 aliphatic carbocycles. The second-order valence-electron chi connectivity index (χ2n) is 7.02. The van der Waals surface area contributed by atoms with Crippen molar-refractivity contribution in [3.63, 3.8) is 0 Å². The molecular formula is C20H21N5O2. The Kier molecular flexibility index (Phi) is 4.35. The normalized spacial score (nSPS) is 19.0. The van der Waals surface area contributed by atoms with Crippen LogP contribution >= 0.6 is 0 Å². The molecule has 4 rings (SSSR count). The van der Waals surface area contributed by atoms with Crippen molar-refractivity contribution in [1.29, 1.82) is 0 Å². The lowest BCUT2D eigenvalue weighted by molar-refractivity contribution is -0.134. The van der Waals surface area contributed by atoms with E-state index in [1.54, 1.807) is 18.1 Å². The van der Waals surface area contributed by atoms with E-state index in [1.165, 1.54) is 5.01 Å². The van der Waals surface area contributed by atoms with Crippen LogP contribution in [0.4, 0.5) is 10.5 Å². The van der Waals surface area contributed by atoms with Crippen LogP contribution in [0.25, 0.3) is 0 Å². The van der Waals surface area contributed by atoms with Gasteiger partial charge in [0, 0.05) is 50.6 Å². The number of hydrogen-bond donors (Lipinski definition) is 1. The maximum Gasteiger partial charge on any atom is 0.322 e. The van der Waals surface area contributed by atoms with Gasteiger partial charge in [-0.05, 0) is 34.9 Å². The van der Waals surface area contributed by atoms with Crippen molar-refractivity contribution in [2.24, 2.45) is 11.0 Å². The number of nitrogens with zero attached hydrogens (tertiary/aromatic N) is 4. The highest BCUT2D eigenvalue weighted by Crippen LogP contribution is 2.23. The Morgan fingerprint density at radius 1 is 1.15 bits per heavy atom. The number of hydrazone groups is 1. The molecule has 3 amide bonds. The maximum absolute atomic E-state index is 12.5. The molecule has 7 heteroatoms. The van der Waals surface area contributed by atoms with Crippen LogP contribution in [0.3, 0.4) is 0 Å². The van der Waals surface area contributed by atoms with Gasteiger partial charge in [0.05, 0.1) is 5.71 Å².